The number of aromatic amines is 1. The lowest BCUT2D eigenvalue weighted by Gasteiger charge is -2.32. The molecule has 0 saturated carbocycles. The van der Waals surface area contributed by atoms with E-state index in [1.165, 1.54) is 22.8 Å². The molecule has 5 rings (SSSR count). The monoisotopic (exact) mass is 425 g/mol. The Kier molecular flexibility index (Phi) is 4.48. The summed E-state index contributed by atoms with van der Waals surface area (Å²) in [6, 6.07) is 12.2. The van der Waals surface area contributed by atoms with Crippen molar-refractivity contribution in [3.63, 3.8) is 0 Å². The van der Waals surface area contributed by atoms with Crippen molar-refractivity contribution in [1.29, 1.82) is 0 Å². The minimum Gasteiger partial charge on any atom is -0.465 e. The van der Waals surface area contributed by atoms with E-state index in [1.807, 2.05) is 18.2 Å². The summed E-state index contributed by atoms with van der Waals surface area (Å²) in [6.45, 7) is 5.35. The highest BCUT2D eigenvalue weighted by Crippen LogP contribution is 2.39. The minimum absolute atomic E-state index is 0.0450. The first kappa shape index (κ1) is 18.5. The molecule has 4 aromatic rings. The molecule has 5 nitrogen and oxygen atoms in total. The number of nitrogens with one attached hydrogen (secondary N) is 1. The number of halogens is 1. The molecule has 1 unspecified atom stereocenters. The van der Waals surface area contributed by atoms with Crippen molar-refractivity contribution in [3.05, 3.63) is 58.2 Å². The second kappa shape index (κ2) is 7.04. The molecule has 1 N–H and O–H groups in total. The van der Waals surface area contributed by atoms with E-state index in [0.29, 0.717) is 11.6 Å². The van der Waals surface area contributed by atoms with Crippen LogP contribution in [0.3, 0.4) is 0 Å². The second-order valence-corrected chi connectivity index (χ2v) is 9.00. The number of aromatic nitrogens is 2. The summed E-state index contributed by atoms with van der Waals surface area (Å²) in [7, 11) is 0. The van der Waals surface area contributed by atoms with Crippen LogP contribution in [0, 0.1) is 6.92 Å². The Hall–Kier alpha value is -2.57. The van der Waals surface area contributed by atoms with E-state index < -0.39 is 0 Å². The molecule has 0 fully saturated rings. The van der Waals surface area contributed by atoms with E-state index in [9.17, 15) is 4.79 Å². The lowest BCUT2D eigenvalue weighted by Crippen LogP contribution is -2.35. The highest BCUT2D eigenvalue weighted by atomic mass is 35.5. The smallest absolute Gasteiger partial charge is 0.302 e. The maximum atomic E-state index is 11.5. The number of hydrogen-bond donors (Lipinski definition) is 1. The molecule has 3 heterocycles. The fourth-order valence-electron chi connectivity index (χ4n) is 4.10. The minimum atomic E-state index is -0.267. The number of anilines is 1. The fourth-order valence-corrected chi connectivity index (χ4v) is 5.34. The Morgan fingerprint density at radius 1 is 1.34 bits per heavy atom. The number of H-pyrrole nitrogens is 1. The maximum absolute atomic E-state index is 11.5. The van der Waals surface area contributed by atoms with Gasteiger partial charge in [-0.15, -0.1) is 0 Å². The van der Waals surface area contributed by atoms with Gasteiger partial charge in [-0.1, -0.05) is 29.0 Å². The Balaban J connectivity index is 1.57. The molecular weight excluding hydrogens is 406 g/mol. The molecule has 29 heavy (non-hydrogen) atoms. The van der Waals surface area contributed by atoms with Crippen molar-refractivity contribution in [3.8, 4) is 0 Å². The third-order valence-corrected chi connectivity index (χ3v) is 6.69. The average molecular weight is 426 g/mol. The number of fused-ring (bicyclic) bond motifs is 4. The standard InChI is InChI=1S/C22H20ClN3O2S/c1-12-3-5-18-20(7-12)29-22(25-18)26-9-14(11-28-13(2)27)21-16-8-15(23)4-6-17(16)24-19(21)10-26/h3-8,14,24H,9-11H2,1-2H3. The Bertz CT molecular complexity index is 1250. The predicted octanol–water partition coefficient (Wildman–Crippen LogP) is 5.41. The van der Waals surface area contributed by atoms with E-state index in [-0.39, 0.29) is 11.9 Å². The number of aryl methyl sites for hydroxylation is 1. The van der Waals surface area contributed by atoms with Gasteiger partial charge < -0.3 is 14.6 Å². The van der Waals surface area contributed by atoms with Crippen molar-refractivity contribution in [1.82, 2.24) is 9.97 Å². The summed E-state index contributed by atoms with van der Waals surface area (Å²) >= 11 is 7.96. The van der Waals surface area contributed by atoms with E-state index in [4.69, 9.17) is 21.3 Å². The number of hydrogen-bond acceptors (Lipinski definition) is 5. The number of rotatable bonds is 3. The van der Waals surface area contributed by atoms with Crippen molar-refractivity contribution in [2.75, 3.05) is 18.1 Å². The number of nitrogens with zero attached hydrogens (tertiary/aromatic N) is 2. The van der Waals surface area contributed by atoms with Gasteiger partial charge in [-0.3, -0.25) is 4.79 Å². The van der Waals surface area contributed by atoms with Crippen LogP contribution in [0.2, 0.25) is 5.02 Å². The maximum Gasteiger partial charge on any atom is 0.302 e. The van der Waals surface area contributed by atoms with Crippen molar-refractivity contribution in [2.45, 2.75) is 26.3 Å². The Labute approximate surface area is 177 Å². The topological polar surface area (TPSA) is 58.2 Å². The molecule has 1 atom stereocenters. The Morgan fingerprint density at radius 3 is 3.03 bits per heavy atom. The summed E-state index contributed by atoms with van der Waals surface area (Å²) in [5.74, 6) is -0.222. The van der Waals surface area contributed by atoms with Crippen LogP contribution in [0.15, 0.2) is 36.4 Å². The first-order valence-corrected chi connectivity index (χ1v) is 10.7. The van der Waals surface area contributed by atoms with Gasteiger partial charge in [0.25, 0.3) is 0 Å². The predicted molar refractivity (Wildman–Crippen MR) is 118 cm³/mol. The first-order valence-electron chi connectivity index (χ1n) is 9.53. The number of carbonyl (C=O) groups excluding carboxylic acids is 1. The molecule has 148 valence electrons. The molecule has 0 saturated heterocycles. The van der Waals surface area contributed by atoms with Crippen molar-refractivity contribution in [2.24, 2.45) is 0 Å². The van der Waals surface area contributed by atoms with Gasteiger partial charge in [0.15, 0.2) is 5.13 Å². The number of ether oxygens (including phenoxy) is 1. The van der Waals surface area contributed by atoms with Crippen molar-refractivity contribution >= 4 is 55.2 Å². The summed E-state index contributed by atoms with van der Waals surface area (Å²) in [6.07, 6.45) is 0. The molecule has 7 heteroatoms. The lowest BCUT2D eigenvalue weighted by molar-refractivity contribution is -0.141. The van der Waals surface area contributed by atoms with Crippen molar-refractivity contribution < 1.29 is 9.53 Å². The van der Waals surface area contributed by atoms with Crippen LogP contribution >= 0.6 is 22.9 Å². The highest BCUT2D eigenvalue weighted by molar-refractivity contribution is 7.22. The van der Waals surface area contributed by atoms with Gasteiger partial charge in [-0.05, 0) is 48.4 Å². The number of thiazole rings is 1. The molecule has 0 radical (unpaired) electrons. The SMILES string of the molecule is CC(=O)OCC1CN(c2nc3ccc(C)cc3s2)Cc2[nH]c3ccc(Cl)cc3c21. The molecule has 0 spiro atoms. The third-order valence-electron chi connectivity index (χ3n) is 5.37. The second-order valence-electron chi connectivity index (χ2n) is 7.55. The van der Waals surface area contributed by atoms with Crippen LogP contribution in [0.5, 0.6) is 0 Å². The van der Waals surface area contributed by atoms with E-state index in [2.05, 4.69) is 35.0 Å². The van der Waals surface area contributed by atoms with E-state index in [1.54, 1.807) is 11.3 Å². The lowest BCUT2D eigenvalue weighted by atomic mass is 9.92. The van der Waals surface area contributed by atoms with Crippen LogP contribution < -0.4 is 4.90 Å². The van der Waals surface area contributed by atoms with Crippen LogP contribution in [0.4, 0.5) is 5.13 Å². The largest absolute Gasteiger partial charge is 0.465 e. The van der Waals surface area contributed by atoms with E-state index in [0.717, 1.165) is 40.3 Å². The molecule has 2 aromatic carbocycles. The van der Waals surface area contributed by atoms with Crippen LogP contribution in [0.25, 0.3) is 21.1 Å². The quantitative estimate of drug-likeness (QED) is 0.446. The number of benzene rings is 2. The Morgan fingerprint density at radius 2 is 2.21 bits per heavy atom. The summed E-state index contributed by atoms with van der Waals surface area (Å²) in [5, 5.41) is 2.79. The summed E-state index contributed by atoms with van der Waals surface area (Å²) in [5.41, 5.74) is 5.61. The van der Waals surface area contributed by atoms with E-state index >= 15 is 0 Å². The van der Waals surface area contributed by atoms with Gasteiger partial charge in [-0.25, -0.2) is 4.98 Å². The molecular formula is C22H20ClN3O2S. The van der Waals surface area contributed by atoms with Crippen LogP contribution in [-0.4, -0.2) is 29.1 Å². The molecule has 2 aromatic heterocycles. The zero-order valence-corrected chi connectivity index (χ0v) is 17.7. The molecule has 0 amide bonds. The molecule has 0 bridgehead atoms. The number of esters is 1. The molecule has 0 aliphatic carbocycles. The normalized spacial score (nSPS) is 16.4. The highest BCUT2D eigenvalue weighted by Gasteiger charge is 2.31. The summed E-state index contributed by atoms with van der Waals surface area (Å²) < 4.78 is 6.60. The average Bonchev–Trinajstić information content (AvgIpc) is 3.26. The molecule has 1 aliphatic rings. The van der Waals surface area contributed by atoms with Crippen LogP contribution in [-0.2, 0) is 16.1 Å². The zero-order chi connectivity index (χ0) is 20.1. The molecule has 1 aliphatic heterocycles. The third kappa shape index (κ3) is 3.36. The van der Waals surface area contributed by atoms with Crippen LogP contribution in [0.1, 0.15) is 29.7 Å². The summed E-state index contributed by atoms with van der Waals surface area (Å²) in [4.78, 5) is 22.1. The first-order chi connectivity index (χ1) is 14.0. The van der Waals surface area contributed by atoms with Gasteiger partial charge in [-0.2, -0.15) is 0 Å². The van der Waals surface area contributed by atoms with Gasteiger partial charge in [0.05, 0.1) is 23.4 Å². The van der Waals surface area contributed by atoms with Gasteiger partial charge >= 0.3 is 5.97 Å². The number of carbonyl (C=O) groups is 1. The van der Waals surface area contributed by atoms with Gasteiger partial charge in [0, 0.05) is 41.0 Å². The fraction of sp³-hybridized carbons (Fsp3) is 0.273. The van der Waals surface area contributed by atoms with Gasteiger partial charge in [0.1, 0.15) is 0 Å². The van der Waals surface area contributed by atoms with Gasteiger partial charge in [0.2, 0.25) is 0 Å². The zero-order valence-electron chi connectivity index (χ0n) is 16.2.